The van der Waals surface area contributed by atoms with E-state index in [2.05, 4.69) is 15.5 Å². The van der Waals surface area contributed by atoms with Gasteiger partial charge in [0.1, 0.15) is 0 Å². The number of nitrogens with zero attached hydrogens (tertiary/aromatic N) is 2. The second-order valence-electron chi connectivity index (χ2n) is 1.90. The zero-order valence-electron chi connectivity index (χ0n) is 5.78. The number of carbonyl (C=O) groups excluding carboxylic acids is 1. The molecule has 0 aromatic carbocycles. The van der Waals surface area contributed by atoms with E-state index in [1.807, 2.05) is 0 Å². The van der Waals surface area contributed by atoms with E-state index in [9.17, 15) is 4.79 Å². The molecule has 0 aliphatic rings. The van der Waals surface area contributed by atoms with E-state index in [0.29, 0.717) is 12.4 Å². The van der Waals surface area contributed by atoms with E-state index < -0.39 is 5.91 Å². The first-order valence-electron chi connectivity index (χ1n) is 3.03. The van der Waals surface area contributed by atoms with Crippen molar-refractivity contribution in [3.8, 4) is 0 Å². The van der Waals surface area contributed by atoms with Crippen molar-refractivity contribution in [2.45, 2.75) is 6.54 Å². The van der Waals surface area contributed by atoms with Gasteiger partial charge in [0.05, 0.1) is 13.1 Å². The number of primary amides is 1. The fourth-order valence-corrected chi connectivity index (χ4v) is 0.566. The molecule has 0 saturated carbocycles. The summed E-state index contributed by atoms with van der Waals surface area (Å²) in [6, 6.07) is 0. The minimum absolute atomic E-state index is 0.113. The molecule has 0 bridgehead atoms. The summed E-state index contributed by atoms with van der Waals surface area (Å²) in [7, 11) is 0. The summed E-state index contributed by atoms with van der Waals surface area (Å²) < 4.78 is 4.78. The zero-order chi connectivity index (χ0) is 8.10. The Morgan fingerprint density at radius 2 is 2.64 bits per heavy atom. The Bertz CT molecular complexity index is 220. The molecule has 6 nitrogen and oxygen atoms in total. The monoisotopic (exact) mass is 156 g/mol. The van der Waals surface area contributed by atoms with E-state index in [4.69, 9.17) is 10.2 Å². The summed E-state index contributed by atoms with van der Waals surface area (Å²) in [5.74, 6) is 0.0239. The zero-order valence-corrected chi connectivity index (χ0v) is 5.78. The minimum Gasteiger partial charge on any atom is -0.427 e. The van der Waals surface area contributed by atoms with Crippen LogP contribution < -0.4 is 11.1 Å². The Hall–Kier alpha value is -1.43. The van der Waals surface area contributed by atoms with Crippen molar-refractivity contribution < 1.29 is 9.21 Å². The molecule has 1 rings (SSSR count). The number of hydrogen-bond donors (Lipinski definition) is 2. The topological polar surface area (TPSA) is 94.0 Å². The largest absolute Gasteiger partial charge is 0.427 e. The molecule has 0 unspecified atom stereocenters. The molecule has 3 N–H and O–H groups in total. The minimum atomic E-state index is -0.412. The summed E-state index contributed by atoms with van der Waals surface area (Å²) in [5, 5.41) is 9.75. The average Bonchev–Trinajstić information content (AvgIpc) is 2.39. The number of rotatable bonds is 4. The second kappa shape index (κ2) is 3.67. The van der Waals surface area contributed by atoms with E-state index in [-0.39, 0.29) is 6.54 Å². The van der Waals surface area contributed by atoms with Gasteiger partial charge in [-0.25, -0.2) is 0 Å². The first-order valence-corrected chi connectivity index (χ1v) is 3.03. The molecule has 0 fully saturated rings. The quantitative estimate of drug-likeness (QED) is 0.561. The van der Waals surface area contributed by atoms with Crippen LogP contribution in [-0.2, 0) is 11.3 Å². The molecule has 1 aromatic rings. The van der Waals surface area contributed by atoms with Gasteiger partial charge in [-0.3, -0.25) is 10.1 Å². The molecule has 1 heterocycles. The molecule has 0 saturated heterocycles. The highest BCUT2D eigenvalue weighted by Crippen LogP contribution is 1.88. The SMILES string of the molecule is NC(=O)CNCc1nnco1. The van der Waals surface area contributed by atoms with Crippen LogP contribution in [0, 0.1) is 0 Å². The lowest BCUT2D eigenvalue weighted by atomic mass is 10.5. The molecule has 0 aliphatic carbocycles. The van der Waals surface area contributed by atoms with Gasteiger partial charge in [-0.05, 0) is 0 Å². The number of nitrogens with one attached hydrogen (secondary N) is 1. The van der Waals surface area contributed by atoms with E-state index >= 15 is 0 Å². The Labute approximate surface area is 62.8 Å². The lowest BCUT2D eigenvalue weighted by Crippen LogP contribution is -2.28. The molecule has 0 radical (unpaired) electrons. The lowest BCUT2D eigenvalue weighted by molar-refractivity contribution is -0.117. The van der Waals surface area contributed by atoms with Crippen LogP contribution in [0.2, 0.25) is 0 Å². The second-order valence-corrected chi connectivity index (χ2v) is 1.90. The van der Waals surface area contributed by atoms with Crippen LogP contribution >= 0.6 is 0 Å². The number of aromatic nitrogens is 2. The smallest absolute Gasteiger partial charge is 0.231 e. The molecule has 60 valence electrons. The van der Waals surface area contributed by atoms with Crippen LogP contribution in [0.15, 0.2) is 10.8 Å². The fourth-order valence-electron chi connectivity index (χ4n) is 0.566. The first-order chi connectivity index (χ1) is 5.29. The molecule has 1 aromatic heterocycles. The Balaban J connectivity index is 2.19. The van der Waals surface area contributed by atoms with E-state index in [1.54, 1.807) is 0 Å². The molecule has 11 heavy (non-hydrogen) atoms. The third-order valence-corrected chi connectivity index (χ3v) is 0.981. The van der Waals surface area contributed by atoms with Gasteiger partial charge in [0.15, 0.2) is 0 Å². The van der Waals surface area contributed by atoms with E-state index in [0.717, 1.165) is 0 Å². The van der Waals surface area contributed by atoms with Crippen molar-refractivity contribution in [2.75, 3.05) is 6.54 Å². The van der Waals surface area contributed by atoms with Gasteiger partial charge in [-0.15, -0.1) is 10.2 Å². The summed E-state index contributed by atoms with van der Waals surface area (Å²) in [6.45, 7) is 0.477. The van der Waals surface area contributed by atoms with Crippen molar-refractivity contribution in [1.82, 2.24) is 15.5 Å². The molecular formula is C5H8N4O2. The van der Waals surface area contributed by atoms with Crippen molar-refractivity contribution in [3.05, 3.63) is 12.3 Å². The standard InChI is InChI=1S/C5H8N4O2/c6-4(10)1-7-2-5-9-8-3-11-5/h3,7H,1-2H2,(H2,6,10). The lowest BCUT2D eigenvalue weighted by Gasteiger charge is -1.94. The molecule has 1 amide bonds. The number of nitrogens with two attached hydrogens (primary N) is 1. The van der Waals surface area contributed by atoms with Gasteiger partial charge < -0.3 is 10.2 Å². The summed E-state index contributed by atoms with van der Waals surface area (Å²) in [6.07, 6.45) is 1.22. The van der Waals surface area contributed by atoms with Crippen LogP contribution in [0.5, 0.6) is 0 Å². The Morgan fingerprint density at radius 1 is 1.82 bits per heavy atom. The van der Waals surface area contributed by atoms with Gasteiger partial charge in [0.25, 0.3) is 0 Å². The van der Waals surface area contributed by atoms with Gasteiger partial charge in [-0.2, -0.15) is 0 Å². The first kappa shape index (κ1) is 7.67. The Kier molecular flexibility index (Phi) is 2.56. The normalized spacial score (nSPS) is 9.82. The highest BCUT2D eigenvalue weighted by molar-refractivity contribution is 5.75. The molecular weight excluding hydrogens is 148 g/mol. The van der Waals surface area contributed by atoms with Crippen LogP contribution in [0.4, 0.5) is 0 Å². The third-order valence-electron chi connectivity index (χ3n) is 0.981. The molecule has 0 atom stereocenters. The maximum Gasteiger partial charge on any atom is 0.231 e. The van der Waals surface area contributed by atoms with Crippen LogP contribution in [0.1, 0.15) is 5.89 Å². The van der Waals surface area contributed by atoms with Crippen molar-refractivity contribution in [2.24, 2.45) is 5.73 Å². The summed E-state index contributed by atoms with van der Waals surface area (Å²) in [5.41, 5.74) is 4.86. The van der Waals surface area contributed by atoms with E-state index in [1.165, 1.54) is 6.39 Å². The number of carbonyl (C=O) groups is 1. The van der Waals surface area contributed by atoms with Crippen molar-refractivity contribution >= 4 is 5.91 Å². The van der Waals surface area contributed by atoms with Crippen molar-refractivity contribution in [1.29, 1.82) is 0 Å². The highest BCUT2D eigenvalue weighted by atomic mass is 16.4. The summed E-state index contributed by atoms with van der Waals surface area (Å²) >= 11 is 0. The number of hydrogen-bond acceptors (Lipinski definition) is 5. The molecule has 0 aliphatic heterocycles. The third kappa shape index (κ3) is 2.76. The van der Waals surface area contributed by atoms with Crippen LogP contribution in [0.25, 0.3) is 0 Å². The fraction of sp³-hybridized carbons (Fsp3) is 0.400. The summed E-state index contributed by atoms with van der Waals surface area (Å²) in [4.78, 5) is 10.2. The maximum atomic E-state index is 10.2. The van der Waals surface area contributed by atoms with Gasteiger partial charge in [0, 0.05) is 0 Å². The van der Waals surface area contributed by atoms with Crippen LogP contribution in [-0.4, -0.2) is 22.6 Å². The average molecular weight is 156 g/mol. The van der Waals surface area contributed by atoms with Gasteiger partial charge in [-0.1, -0.05) is 0 Å². The predicted octanol–water partition coefficient (Wildman–Crippen LogP) is -1.36. The maximum absolute atomic E-state index is 10.2. The molecule has 0 spiro atoms. The predicted molar refractivity (Wildman–Crippen MR) is 35.2 cm³/mol. The Morgan fingerprint density at radius 3 is 3.18 bits per heavy atom. The highest BCUT2D eigenvalue weighted by Gasteiger charge is 1.98. The molecule has 6 heteroatoms. The van der Waals surface area contributed by atoms with Gasteiger partial charge >= 0.3 is 0 Å². The van der Waals surface area contributed by atoms with Crippen LogP contribution in [0.3, 0.4) is 0 Å². The van der Waals surface area contributed by atoms with Gasteiger partial charge in [0.2, 0.25) is 18.2 Å². The number of amides is 1. The van der Waals surface area contributed by atoms with Crippen molar-refractivity contribution in [3.63, 3.8) is 0 Å².